The Labute approximate surface area is 119 Å². The van der Waals surface area contributed by atoms with Crippen LogP contribution in [0.15, 0.2) is 47.0 Å². The van der Waals surface area contributed by atoms with Crippen LogP contribution in [0.1, 0.15) is 0 Å². The molecule has 2 N–H and O–H groups in total. The maximum Gasteiger partial charge on any atom is 0.260 e. The van der Waals surface area contributed by atoms with Gasteiger partial charge in [-0.25, -0.2) is 4.39 Å². The Morgan fingerprint density at radius 3 is 2.75 bits per heavy atom. The van der Waals surface area contributed by atoms with Gasteiger partial charge in [-0.3, -0.25) is 0 Å². The molecular weight excluding hydrogens is 281 g/mol. The van der Waals surface area contributed by atoms with E-state index in [0.29, 0.717) is 27.7 Å². The second kappa shape index (κ2) is 4.94. The lowest BCUT2D eigenvalue weighted by atomic mass is 10.2. The quantitative estimate of drug-likeness (QED) is 0.729. The molecule has 3 aromatic rings. The molecule has 0 saturated carbocycles. The van der Waals surface area contributed by atoms with Crippen molar-refractivity contribution in [3.05, 3.63) is 53.3 Å². The molecule has 0 fully saturated rings. The normalized spacial score (nSPS) is 10.7. The van der Waals surface area contributed by atoms with Gasteiger partial charge < -0.3 is 10.3 Å². The standard InChI is InChI=1S/C14H9ClFN3O/c15-9-4-5-11(12(17)7-9)14-18-13(19-20-14)8-2-1-3-10(16)6-8/h1-7H,17H2. The van der Waals surface area contributed by atoms with Gasteiger partial charge in [0.15, 0.2) is 0 Å². The van der Waals surface area contributed by atoms with Crippen molar-refractivity contribution in [3.8, 4) is 22.8 Å². The third-order valence-corrected chi connectivity index (χ3v) is 2.99. The second-order valence-corrected chi connectivity index (χ2v) is 4.60. The number of nitrogens with two attached hydrogens (primary N) is 1. The van der Waals surface area contributed by atoms with Crippen LogP contribution in [0.25, 0.3) is 22.8 Å². The van der Waals surface area contributed by atoms with Crippen LogP contribution in [0.4, 0.5) is 10.1 Å². The predicted molar refractivity (Wildman–Crippen MR) is 74.6 cm³/mol. The molecule has 4 nitrogen and oxygen atoms in total. The van der Waals surface area contributed by atoms with Crippen LogP contribution in [-0.2, 0) is 0 Å². The van der Waals surface area contributed by atoms with Gasteiger partial charge in [0.25, 0.3) is 5.89 Å². The van der Waals surface area contributed by atoms with Crippen LogP contribution in [0.5, 0.6) is 0 Å². The van der Waals surface area contributed by atoms with E-state index in [2.05, 4.69) is 10.1 Å². The third-order valence-electron chi connectivity index (χ3n) is 2.75. The summed E-state index contributed by atoms with van der Waals surface area (Å²) in [6, 6.07) is 10.9. The van der Waals surface area contributed by atoms with E-state index < -0.39 is 0 Å². The SMILES string of the molecule is Nc1cc(Cl)ccc1-c1nc(-c2cccc(F)c2)no1. The van der Waals surface area contributed by atoms with Gasteiger partial charge in [0.05, 0.1) is 5.56 Å². The van der Waals surface area contributed by atoms with Crippen molar-refractivity contribution in [3.63, 3.8) is 0 Å². The fourth-order valence-corrected chi connectivity index (χ4v) is 1.99. The van der Waals surface area contributed by atoms with Crippen LogP contribution in [0.2, 0.25) is 5.02 Å². The van der Waals surface area contributed by atoms with Crippen molar-refractivity contribution < 1.29 is 8.91 Å². The Hall–Kier alpha value is -2.40. The lowest BCUT2D eigenvalue weighted by Gasteiger charge is -2.00. The number of hydrogen-bond acceptors (Lipinski definition) is 4. The molecular formula is C14H9ClFN3O. The van der Waals surface area contributed by atoms with Crippen molar-refractivity contribution >= 4 is 17.3 Å². The Morgan fingerprint density at radius 2 is 2.00 bits per heavy atom. The summed E-state index contributed by atoms with van der Waals surface area (Å²) >= 11 is 5.83. The Kier molecular flexibility index (Phi) is 3.12. The molecule has 1 aromatic heterocycles. The third kappa shape index (κ3) is 2.35. The van der Waals surface area contributed by atoms with Crippen molar-refractivity contribution in [2.45, 2.75) is 0 Å². The number of halogens is 2. The molecule has 0 unspecified atom stereocenters. The zero-order chi connectivity index (χ0) is 14.1. The van der Waals surface area contributed by atoms with Crippen LogP contribution in [0, 0.1) is 5.82 Å². The van der Waals surface area contributed by atoms with Gasteiger partial charge in [-0.15, -0.1) is 0 Å². The van der Waals surface area contributed by atoms with Crippen molar-refractivity contribution in [1.29, 1.82) is 0 Å². The zero-order valence-corrected chi connectivity index (χ0v) is 10.9. The molecule has 0 aliphatic carbocycles. The molecule has 2 aromatic carbocycles. The highest BCUT2D eigenvalue weighted by Crippen LogP contribution is 2.28. The maximum absolute atomic E-state index is 13.2. The van der Waals surface area contributed by atoms with Crippen LogP contribution in [0.3, 0.4) is 0 Å². The molecule has 0 atom stereocenters. The molecule has 0 aliphatic rings. The minimum Gasteiger partial charge on any atom is -0.398 e. The smallest absolute Gasteiger partial charge is 0.260 e. The number of anilines is 1. The summed E-state index contributed by atoms with van der Waals surface area (Å²) in [6.07, 6.45) is 0. The fourth-order valence-electron chi connectivity index (χ4n) is 1.81. The van der Waals surface area contributed by atoms with Gasteiger partial charge in [-0.1, -0.05) is 28.9 Å². The molecule has 0 radical (unpaired) electrons. The second-order valence-electron chi connectivity index (χ2n) is 4.17. The first-order valence-electron chi connectivity index (χ1n) is 5.78. The highest BCUT2D eigenvalue weighted by atomic mass is 35.5. The Morgan fingerprint density at radius 1 is 1.15 bits per heavy atom. The molecule has 20 heavy (non-hydrogen) atoms. The molecule has 3 rings (SSSR count). The molecule has 0 amide bonds. The zero-order valence-electron chi connectivity index (χ0n) is 10.2. The van der Waals surface area contributed by atoms with E-state index in [0.717, 1.165) is 0 Å². The summed E-state index contributed by atoms with van der Waals surface area (Å²) in [7, 11) is 0. The van der Waals surface area contributed by atoms with E-state index in [9.17, 15) is 4.39 Å². The van der Waals surface area contributed by atoms with Gasteiger partial charge in [0.2, 0.25) is 5.82 Å². The van der Waals surface area contributed by atoms with E-state index in [-0.39, 0.29) is 11.7 Å². The molecule has 0 aliphatic heterocycles. The first-order valence-corrected chi connectivity index (χ1v) is 6.16. The molecule has 0 spiro atoms. The largest absolute Gasteiger partial charge is 0.398 e. The minimum atomic E-state index is -0.361. The van der Waals surface area contributed by atoms with E-state index in [4.69, 9.17) is 21.9 Å². The average molecular weight is 290 g/mol. The summed E-state index contributed by atoms with van der Waals surface area (Å²) in [4.78, 5) is 4.21. The molecule has 1 heterocycles. The summed E-state index contributed by atoms with van der Waals surface area (Å²) in [6.45, 7) is 0. The van der Waals surface area contributed by atoms with E-state index in [1.54, 1.807) is 30.3 Å². The minimum absolute atomic E-state index is 0.262. The maximum atomic E-state index is 13.2. The summed E-state index contributed by atoms with van der Waals surface area (Å²) in [5.41, 5.74) is 7.41. The van der Waals surface area contributed by atoms with Gasteiger partial charge in [-0.2, -0.15) is 4.98 Å². The van der Waals surface area contributed by atoms with Crippen LogP contribution < -0.4 is 5.73 Å². The first kappa shape index (κ1) is 12.6. The highest BCUT2D eigenvalue weighted by Gasteiger charge is 2.13. The summed E-state index contributed by atoms with van der Waals surface area (Å²) in [5, 5.41) is 4.35. The highest BCUT2D eigenvalue weighted by molar-refractivity contribution is 6.31. The summed E-state index contributed by atoms with van der Waals surface area (Å²) in [5.74, 6) is 0.201. The van der Waals surface area contributed by atoms with Gasteiger partial charge in [-0.05, 0) is 30.3 Å². The lowest BCUT2D eigenvalue weighted by molar-refractivity contribution is 0.432. The molecule has 100 valence electrons. The van der Waals surface area contributed by atoms with Gasteiger partial charge in [0.1, 0.15) is 5.82 Å². The van der Waals surface area contributed by atoms with Crippen molar-refractivity contribution in [2.24, 2.45) is 0 Å². The Bertz CT molecular complexity index is 773. The van der Waals surface area contributed by atoms with Crippen molar-refractivity contribution in [1.82, 2.24) is 10.1 Å². The van der Waals surface area contributed by atoms with E-state index >= 15 is 0 Å². The molecule has 0 bridgehead atoms. The fraction of sp³-hybridized carbons (Fsp3) is 0. The van der Waals surface area contributed by atoms with Gasteiger partial charge in [0, 0.05) is 16.3 Å². The topological polar surface area (TPSA) is 64.9 Å². The summed E-state index contributed by atoms with van der Waals surface area (Å²) < 4.78 is 18.3. The number of hydrogen-bond donors (Lipinski definition) is 1. The first-order chi connectivity index (χ1) is 9.63. The average Bonchev–Trinajstić information content (AvgIpc) is 2.88. The van der Waals surface area contributed by atoms with Gasteiger partial charge >= 0.3 is 0 Å². The lowest BCUT2D eigenvalue weighted by Crippen LogP contribution is -1.90. The number of nitrogen functional groups attached to an aromatic ring is 1. The van der Waals surface area contributed by atoms with E-state index in [1.807, 2.05) is 0 Å². The number of aromatic nitrogens is 2. The molecule has 6 heteroatoms. The number of benzene rings is 2. The molecule has 0 saturated heterocycles. The predicted octanol–water partition coefficient (Wildman–Crippen LogP) is 3.78. The monoisotopic (exact) mass is 289 g/mol. The van der Waals surface area contributed by atoms with Crippen LogP contribution >= 0.6 is 11.6 Å². The van der Waals surface area contributed by atoms with E-state index in [1.165, 1.54) is 12.1 Å². The van der Waals surface area contributed by atoms with Crippen LogP contribution in [-0.4, -0.2) is 10.1 Å². The van der Waals surface area contributed by atoms with Crippen molar-refractivity contribution in [2.75, 3.05) is 5.73 Å². The Balaban J connectivity index is 2.02. The number of rotatable bonds is 2. The number of nitrogens with zero attached hydrogens (tertiary/aromatic N) is 2.